The van der Waals surface area contributed by atoms with Crippen molar-refractivity contribution < 1.29 is 19.6 Å². The number of nitrogens with one attached hydrogen (secondary N) is 1. The van der Waals surface area contributed by atoms with Gasteiger partial charge in [-0.1, -0.05) is 42.5 Å². The largest absolute Gasteiger partial charge is 0.478 e. The molecule has 8 heteroatoms. The molecular weight excluding hydrogens is 506 g/mol. The Morgan fingerprint density at radius 3 is 2.45 bits per heavy atom. The van der Waals surface area contributed by atoms with E-state index in [0.29, 0.717) is 17.7 Å². The highest BCUT2D eigenvalue weighted by Crippen LogP contribution is 2.41. The van der Waals surface area contributed by atoms with Crippen LogP contribution in [0.3, 0.4) is 0 Å². The Labute approximate surface area is 229 Å². The van der Waals surface area contributed by atoms with E-state index in [-0.39, 0.29) is 23.2 Å². The van der Waals surface area contributed by atoms with Gasteiger partial charge in [0.2, 0.25) is 0 Å². The summed E-state index contributed by atoms with van der Waals surface area (Å²) >= 11 is 0. The van der Waals surface area contributed by atoms with Crippen LogP contribution in [0, 0.1) is 17.0 Å². The second-order valence-electron chi connectivity index (χ2n) is 10.1. The molecule has 40 heavy (non-hydrogen) atoms. The average molecular weight is 532 g/mol. The van der Waals surface area contributed by atoms with Gasteiger partial charge in [0, 0.05) is 40.7 Å². The minimum absolute atomic E-state index is 0.00769. The molecule has 1 atom stereocenters. The SMILES string of the molecule is Cc1c2n(c3ccc(C(=O)N[C@@H](C)c4ccc([N+](=O)[O-])cc4)cc13)Cc1ccccc1-c1ccc(C(=O)O)c-2c1. The number of nitro groups is 1. The van der Waals surface area contributed by atoms with Gasteiger partial charge in [0.25, 0.3) is 11.6 Å². The van der Waals surface area contributed by atoms with Crippen molar-refractivity contribution in [3.63, 3.8) is 0 Å². The molecule has 0 fully saturated rings. The van der Waals surface area contributed by atoms with E-state index >= 15 is 0 Å². The molecule has 2 heterocycles. The first-order chi connectivity index (χ1) is 19.2. The molecule has 1 aromatic heterocycles. The molecular formula is C32H25N3O5. The van der Waals surface area contributed by atoms with Gasteiger partial charge in [-0.15, -0.1) is 0 Å². The predicted octanol–water partition coefficient (Wildman–Crippen LogP) is 6.74. The summed E-state index contributed by atoms with van der Waals surface area (Å²) in [7, 11) is 0. The second-order valence-corrected chi connectivity index (χ2v) is 10.1. The van der Waals surface area contributed by atoms with Crippen molar-refractivity contribution in [2.24, 2.45) is 0 Å². The molecule has 0 saturated carbocycles. The van der Waals surface area contributed by atoms with Crippen LogP contribution in [0.4, 0.5) is 5.69 Å². The van der Waals surface area contributed by atoms with Crippen LogP contribution in [-0.4, -0.2) is 26.5 Å². The monoisotopic (exact) mass is 531 g/mol. The molecule has 0 spiro atoms. The molecule has 198 valence electrons. The highest BCUT2D eigenvalue weighted by atomic mass is 16.6. The van der Waals surface area contributed by atoms with E-state index in [2.05, 4.69) is 16.0 Å². The highest BCUT2D eigenvalue weighted by molar-refractivity contribution is 6.04. The first-order valence-corrected chi connectivity index (χ1v) is 12.9. The number of aromatic carboxylic acids is 1. The minimum atomic E-state index is -0.994. The van der Waals surface area contributed by atoms with Crippen molar-refractivity contribution in [2.45, 2.75) is 26.4 Å². The van der Waals surface area contributed by atoms with E-state index in [0.717, 1.165) is 44.4 Å². The quantitative estimate of drug-likeness (QED) is 0.189. The van der Waals surface area contributed by atoms with Crippen molar-refractivity contribution >= 4 is 28.5 Å². The molecule has 1 aliphatic rings. The zero-order valence-corrected chi connectivity index (χ0v) is 21.8. The van der Waals surface area contributed by atoms with Gasteiger partial charge < -0.3 is 15.0 Å². The predicted molar refractivity (Wildman–Crippen MR) is 153 cm³/mol. The lowest BCUT2D eigenvalue weighted by Crippen LogP contribution is -2.26. The van der Waals surface area contributed by atoms with Gasteiger partial charge in [0.05, 0.1) is 22.2 Å². The van der Waals surface area contributed by atoms with Crippen LogP contribution in [0.15, 0.2) is 84.9 Å². The first-order valence-electron chi connectivity index (χ1n) is 12.9. The molecule has 8 nitrogen and oxygen atoms in total. The van der Waals surface area contributed by atoms with Crippen molar-refractivity contribution in [1.29, 1.82) is 0 Å². The Bertz CT molecular complexity index is 1850. The number of carboxylic acids is 1. The van der Waals surface area contributed by atoms with Gasteiger partial charge in [0.1, 0.15) is 0 Å². The zero-order chi connectivity index (χ0) is 28.1. The summed E-state index contributed by atoms with van der Waals surface area (Å²) in [6.45, 7) is 4.34. The number of carboxylic acid groups (broad SMARTS) is 1. The zero-order valence-electron chi connectivity index (χ0n) is 21.8. The number of benzene rings is 4. The van der Waals surface area contributed by atoms with Crippen LogP contribution in [0.25, 0.3) is 33.3 Å². The second kappa shape index (κ2) is 9.50. The van der Waals surface area contributed by atoms with Crippen molar-refractivity contribution in [1.82, 2.24) is 9.88 Å². The van der Waals surface area contributed by atoms with E-state index in [1.54, 1.807) is 24.3 Å². The number of non-ortho nitro benzene ring substituents is 1. The van der Waals surface area contributed by atoms with Gasteiger partial charge in [-0.25, -0.2) is 4.79 Å². The van der Waals surface area contributed by atoms with Crippen LogP contribution in [0.5, 0.6) is 0 Å². The Morgan fingerprint density at radius 2 is 1.73 bits per heavy atom. The Hall–Kier alpha value is -5.24. The lowest BCUT2D eigenvalue weighted by Gasteiger charge is -2.21. The number of rotatable bonds is 5. The van der Waals surface area contributed by atoms with Crippen LogP contribution in [0.2, 0.25) is 0 Å². The summed E-state index contributed by atoms with van der Waals surface area (Å²) in [5.41, 5.74) is 7.85. The Kier molecular flexibility index (Phi) is 5.95. The molecule has 6 rings (SSSR count). The molecule has 4 aromatic carbocycles. The van der Waals surface area contributed by atoms with Gasteiger partial charge in [0.15, 0.2) is 0 Å². The van der Waals surface area contributed by atoms with E-state index in [1.165, 1.54) is 12.1 Å². The molecule has 0 radical (unpaired) electrons. The van der Waals surface area contributed by atoms with Gasteiger partial charge in [-0.05, 0) is 72.0 Å². The smallest absolute Gasteiger partial charge is 0.336 e. The van der Waals surface area contributed by atoms with E-state index in [9.17, 15) is 24.8 Å². The van der Waals surface area contributed by atoms with Gasteiger partial charge in [-0.3, -0.25) is 14.9 Å². The fraction of sp³-hybridized carbons (Fsp3) is 0.125. The summed E-state index contributed by atoms with van der Waals surface area (Å²) < 4.78 is 2.13. The maximum absolute atomic E-state index is 13.3. The standard InChI is InChI=1S/C32H25N3O5/c1-18-27-16-22(31(36)33-19(2)20-7-11-24(12-8-20)35(39)40)10-14-29(27)34-17-23-5-3-4-6-25(23)21-9-13-26(32(37)38)28(15-21)30(18)34/h3-16,19H,17H2,1-2H3,(H,33,36)(H,37,38)/t19-/m0/s1. The fourth-order valence-corrected chi connectivity index (χ4v) is 5.63. The summed E-state index contributed by atoms with van der Waals surface area (Å²) in [6, 6.07) is 24.8. The highest BCUT2D eigenvalue weighted by Gasteiger charge is 2.25. The molecule has 0 aliphatic carbocycles. The molecule has 2 N–H and O–H groups in total. The third-order valence-corrected chi connectivity index (χ3v) is 7.69. The number of carbonyl (C=O) groups is 2. The topological polar surface area (TPSA) is 114 Å². The van der Waals surface area contributed by atoms with Gasteiger partial charge in [-0.2, -0.15) is 0 Å². The van der Waals surface area contributed by atoms with E-state index in [1.807, 2.05) is 56.3 Å². The Morgan fingerprint density at radius 1 is 0.975 bits per heavy atom. The molecule has 1 amide bonds. The lowest BCUT2D eigenvalue weighted by atomic mass is 9.91. The van der Waals surface area contributed by atoms with Crippen LogP contribution >= 0.6 is 0 Å². The van der Waals surface area contributed by atoms with Crippen LogP contribution < -0.4 is 5.32 Å². The number of nitrogens with zero attached hydrogens (tertiary/aromatic N) is 2. The number of carbonyl (C=O) groups excluding carboxylic acids is 1. The third kappa shape index (κ3) is 4.10. The lowest BCUT2D eigenvalue weighted by molar-refractivity contribution is -0.384. The normalized spacial score (nSPS) is 12.6. The average Bonchev–Trinajstić information content (AvgIpc) is 3.22. The van der Waals surface area contributed by atoms with Crippen molar-refractivity contribution in [3.05, 3.63) is 123 Å². The number of nitro benzene ring substituents is 1. The maximum atomic E-state index is 13.3. The maximum Gasteiger partial charge on any atom is 0.336 e. The van der Waals surface area contributed by atoms with Crippen LogP contribution in [-0.2, 0) is 6.54 Å². The number of amides is 1. The number of aryl methyl sites for hydroxylation is 1. The van der Waals surface area contributed by atoms with E-state index in [4.69, 9.17) is 0 Å². The number of fused-ring (bicyclic) bond motifs is 8. The summed E-state index contributed by atoms with van der Waals surface area (Å²) in [6.07, 6.45) is 0. The van der Waals surface area contributed by atoms with Crippen molar-refractivity contribution in [2.75, 3.05) is 0 Å². The molecule has 0 unspecified atom stereocenters. The number of hydrogen-bond acceptors (Lipinski definition) is 4. The molecule has 1 aliphatic heterocycles. The van der Waals surface area contributed by atoms with Crippen molar-refractivity contribution in [3.8, 4) is 22.4 Å². The van der Waals surface area contributed by atoms with Crippen LogP contribution in [0.1, 0.15) is 50.4 Å². The molecule has 2 bridgehead atoms. The minimum Gasteiger partial charge on any atom is -0.478 e. The molecule has 0 saturated heterocycles. The third-order valence-electron chi connectivity index (χ3n) is 7.69. The number of hydrogen-bond donors (Lipinski definition) is 2. The summed E-state index contributed by atoms with van der Waals surface area (Å²) in [5, 5.41) is 24.8. The first kappa shape index (κ1) is 25.1. The molecule has 5 aromatic rings. The summed E-state index contributed by atoms with van der Waals surface area (Å²) in [5.74, 6) is -1.27. The number of aromatic nitrogens is 1. The van der Waals surface area contributed by atoms with Gasteiger partial charge >= 0.3 is 5.97 Å². The fourth-order valence-electron chi connectivity index (χ4n) is 5.63. The van der Waals surface area contributed by atoms with E-state index < -0.39 is 10.9 Å². The summed E-state index contributed by atoms with van der Waals surface area (Å²) in [4.78, 5) is 36.0. The Balaban J connectivity index is 1.43.